The van der Waals surface area contributed by atoms with Crippen LogP contribution in [-0.2, 0) is 4.79 Å². The van der Waals surface area contributed by atoms with E-state index < -0.39 is 0 Å². The highest BCUT2D eigenvalue weighted by atomic mass is 16.3. The summed E-state index contributed by atoms with van der Waals surface area (Å²) >= 11 is 0. The van der Waals surface area contributed by atoms with E-state index in [4.69, 9.17) is 0 Å². The molecule has 0 aromatic heterocycles. The number of nitrogens with one attached hydrogen (secondary N) is 1. The fourth-order valence-corrected chi connectivity index (χ4v) is 3.32. The number of aliphatic hydroxyl groups excluding tert-OH is 1. The van der Waals surface area contributed by atoms with Crippen LogP contribution in [0.3, 0.4) is 0 Å². The van der Waals surface area contributed by atoms with Gasteiger partial charge in [-0.2, -0.15) is 0 Å². The molecule has 19 heavy (non-hydrogen) atoms. The minimum Gasteiger partial charge on any atom is -0.391 e. The molecule has 0 radical (unpaired) electrons. The molecule has 0 bridgehead atoms. The number of piperidine rings is 1. The van der Waals surface area contributed by atoms with Crippen LogP contribution in [0.2, 0.25) is 0 Å². The summed E-state index contributed by atoms with van der Waals surface area (Å²) in [4.78, 5) is 16.8. The van der Waals surface area contributed by atoms with Gasteiger partial charge in [-0.1, -0.05) is 0 Å². The predicted molar refractivity (Wildman–Crippen MR) is 74.9 cm³/mol. The molecule has 1 amide bonds. The minimum absolute atomic E-state index is 0.149. The Hall–Kier alpha value is -0.650. The van der Waals surface area contributed by atoms with Crippen LogP contribution in [-0.4, -0.2) is 73.2 Å². The smallest absolute Gasteiger partial charge is 0.230 e. The van der Waals surface area contributed by atoms with Crippen LogP contribution in [0.4, 0.5) is 0 Å². The van der Waals surface area contributed by atoms with Crippen LogP contribution < -0.4 is 5.32 Å². The second kappa shape index (κ2) is 5.77. The first-order chi connectivity index (χ1) is 8.92. The normalized spacial score (nSPS) is 35.9. The van der Waals surface area contributed by atoms with E-state index in [1.54, 1.807) is 0 Å². The number of aliphatic hydroxyl groups is 1. The number of β-amino-alcohol motifs (C(OH)–C–C–N with tert-alkyl or cyclic N) is 1. The van der Waals surface area contributed by atoms with Gasteiger partial charge >= 0.3 is 0 Å². The van der Waals surface area contributed by atoms with Crippen molar-refractivity contribution in [1.82, 2.24) is 15.1 Å². The molecule has 2 fully saturated rings. The highest BCUT2D eigenvalue weighted by molar-refractivity contribution is 5.83. The number of hydrogen-bond acceptors (Lipinski definition) is 4. The summed E-state index contributed by atoms with van der Waals surface area (Å²) < 4.78 is 0. The fourth-order valence-electron chi connectivity index (χ4n) is 3.32. The highest BCUT2D eigenvalue weighted by Gasteiger charge is 2.43. The SMILES string of the molecule is CN(C)CC1CC(O)CN1C(=O)C1(C)CCCNC1. The molecular weight excluding hydrogens is 242 g/mol. The molecule has 2 N–H and O–H groups in total. The molecule has 5 heteroatoms. The Kier molecular flexibility index (Phi) is 4.48. The zero-order valence-electron chi connectivity index (χ0n) is 12.4. The highest BCUT2D eigenvalue weighted by Crippen LogP contribution is 2.31. The monoisotopic (exact) mass is 269 g/mol. The molecule has 2 rings (SSSR count). The topological polar surface area (TPSA) is 55.8 Å². The van der Waals surface area contributed by atoms with Crippen LogP contribution in [0.5, 0.6) is 0 Å². The van der Waals surface area contributed by atoms with Gasteiger partial charge in [0.2, 0.25) is 5.91 Å². The molecule has 110 valence electrons. The number of nitrogens with zero attached hydrogens (tertiary/aromatic N) is 2. The molecular formula is C14H27N3O2. The second-order valence-electron chi connectivity index (χ2n) is 6.60. The number of rotatable bonds is 3. The van der Waals surface area contributed by atoms with Crippen molar-refractivity contribution >= 4 is 5.91 Å². The molecule has 5 nitrogen and oxygen atoms in total. The lowest BCUT2D eigenvalue weighted by Gasteiger charge is -2.38. The Morgan fingerprint density at radius 1 is 1.53 bits per heavy atom. The van der Waals surface area contributed by atoms with Crippen LogP contribution in [0.1, 0.15) is 26.2 Å². The molecule has 2 aliphatic rings. The Labute approximate surface area is 115 Å². The average molecular weight is 269 g/mol. The molecule has 0 spiro atoms. The van der Waals surface area contributed by atoms with Gasteiger partial charge in [-0.15, -0.1) is 0 Å². The van der Waals surface area contributed by atoms with Crippen molar-refractivity contribution in [2.24, 2.45) is 5.41 Å². The summed E-state index contributed by atoms with van der Waals surface area (Å²) in [5.74, 6) is 0.211. The quantitative estimate of drug-likeness (QED) is 0.751. The zero-order valence-corrected chi connectivity index (χ0v) is 12.4. The fraction of sp³-hybridized carbons (Fsp3) is 0.929. The van der Waals surface area contributed by atoms with E-state index in [1.807, 2.05) is 19.0 Å². The predicted octanol–water partition coefficient (Wildman–Crippen LogP) is -0.100. The summed E-state index contributed by atoms with van der Waals surface area (Å²) in [5.41, 5.74) is -0.299. The Balaban J connectivity index is 2.07. The summed E-state index contributed by atoms with van der Waals surface area (Å²) in [6, 6.07) is 0.149. The lowest BCUT2D eigenvalue weighted by atomic mass is 9.81. The lowest BCUT2D eigenvalue weighted by Crippen LogP contribution is -2.53. The molecule has 0 aromatic rings. The average Bonchev–Trinajstić information content (AvgIpc) is 2.69. The molecule has 2 heterocycles. The van der Waals surface area contributed by atoms with Crippen molar-refractivity contribution in [2.75, 3.05) is 40.3 Å². The lowest BCUT2D eigenvalue weighted by molar-refractivity contribution is -0.143. The molecule has 0 aliphatic carbocycles. The number of likely N-dealkylation sites (tertiary alicyclic amines) is 1. The van der Waals surface area contributed by atoms with Gasteiger partial charge in [0.1, 0.15) is 0 Å². The van der Waals surface area contributed by atoms with Gasteiger partial charge in [0.05, 0.1) is 11.5 Å². The van der Waals surface area contributed by atoms with Gasteiger partial charge in [-0.3, -0.25) is 4.79 Å². The van der Waals surface area contributed by atoms with Gasteiger partial charge in [0.25, 0.3) is 0 Å². The van der Waals surface area contributed by atoms with Crippen molar-refractivity contribution < 1.29 is 9.90 Å². The van der Waals surface area contributed by atoms with E-state index in [1.165, 1.54) is 0 Å². The van der Waals surface area contributed by atoms with Crippen LogP contribution in [0.15, 0.2) is 0 Å². The number of hydrogen-bond donors (Lipinski definition) is 2. The minimum atomic E-state index is -0.367. The van der Waals surface area contributed by atoms with E-state index in [2.05, 4.69) is 17.1 Å². The first kappa shape index (κ1) is 14.8. The number of likely N-dealkylation sites (N-methyl/N-ethyl adjacent to an activating group) is 1. The molecule has 3 atom stereocenters. The van der Waals surface area contributed by atoms with Crippen molar-refractivity contribution in [1.29, 1.82) is 0 Å². The summed E-state index contributed by atoms with van der Waals surface area (Å²) in [5, 5.41) is 13.2. The summed E-state index contributed by atoms with van der Waals surface area (Å²) in [6.45, 7) is 5.14. The van der Waals surface area contributed by atoms with Gasteiger partial charge in [0, 0.05) is 25.7 Å². The van der Waals surface area contributed by atoms with Gasteiger partial charge in [-0.25, -0.2) is 0 Å². The van der Waals surface area contributed by atoms with E-state index in [0.717, 1.165) is 32.5 Å². The van der Waals surface area contributed by atoms with Crippen LogP contribution in [0.25, 0.3) is 0 Å². The van der Waals surface area contributed by atoms with Gasteiger partial charge in [-0.05, 0) is 46.8 Å². The van der Waals surface area contributed by atoms with Gasteiger partial charge in [0.15, 0.2) is 0 Å². The van der Waals surface area contributed by atoms with E-state index in [0.29, 0.717) is 13.0 Å². The number of carbonyl (C=O) groups is 1. The maximum absolute atomic E-state index is 12.8. The Morgan fingerprint density at radius 2 is 2.26 bits per heavy atom. The van der Waals surface area contributed by atoms with Gasteiger partial charge < -0.3 is 20.2 Å². The molecule has 3 unspecified atom stereocenters. The van der Waals surface area contributed by atoms with Crippen molar-refractivity contribution in [3.05, 3.63) is 0 Å². The summed E-state index contributed by atoms with van der Waals surface area (Å²) in [6.07, 6.45) is 2.33. The van der Waals surface area contributed by atoms with E-state index in [-0.39, 0.29) is 23.5 Å². The Morgan fingerprint density at radius 3 is 2.84 bits per heavy atom. The molecule has 0 saturated carbocycles. The number of amides is 1. The first-order valence-electron chi connectivity index (χ1n) is 7.27. The molecule has 2 saturated heterocycles. The largest absolute Gasteiger partial charge is 0.391 e. The summed E-state index contributed by atoms with van der Waals surface area (Å²) in [7, 11) is 4.02. The van der Waals surface area contributed by atoms with E-state index in [9.17, 15) is 9.90 Å². The molecule has 2 aliphatic heterocycles. The maximum Gasteiger partial charge on any atom is 0.230 e. The number of carbonyl (C=O) groups excluding carboxylic acids is 1. The van der Waals surface area contributed by atoms with E-state index >= 15 is 0 Å². The zero-order chi connectivity index (χ0) is 14.0. The second-order valence-corrected chi connectivity index (χ2v) is 6.60. The van der Waals surface area contributed by atoms with Crippen LogP contribution in [0, 0.1) is 5.41 Å². The van der Waals surface area contributed by atoms with Crippen molar-refractivity contribution in [3.63, 3.8) is 0 Å². The van der Waals surface area contributed by atoms with Crippen molar-refractivity contribution in [3.8, 4) is 0 Å². The standard InChI is InChI=1S/C14H27N3O2/c1-14(5-4-6-15-10-14)13(19)17-9-12(18)7-11(17)8-16(2)3/h11-12,15,18H,4-10H2,1-3H3. The van der Waals surface area contributed by atoms with Crippen LogP contribution >= 0.6 is 0 Å². The maximum atomic E-state index is 12.8. The molecule has 0 aromatic carbocycles. The third-order valence-corrected chi connectivity index (χ3v) is 4.34. The Bertz CT molecular complexity index is 327. The third-order valence-electron chi connectivity index (χ3n) is 4.34. The first-order valence-corrected chi connectivity index (χ1v) is 7.27. The van der Waals surface area contributed by atoms with Crippen molar-refractivity contribution in [2.45, 2.75) is 38.3 Å². The third kappa shape index (κ3) is 3.27.